The smallest absolute Gasteiger partial charge is 0.119 e. The first-order valence-electron chi connectivity index (χ1n) is 5.67. The lowest BCUT2D eigenvalue weighted by Gasteiger charge is -2.36. The molecule has 1 aliphatic heterocycles. The molecule has 1 fully saturated rings. The molecule has 1 saturated heterocycles. The summed E-state index contributed by atoms with van der Waals surface area (Å²) in [7, 11) is 0. The lowest BCUT2D eigenvalue weighted by Crippen LogP contribution is -2.43. The van der Waals surface area contributed by atoms with Crippen LogP contribution in [0.25, 0.3) is 0 Å². The van der Waals surface area contributed by atoms with Gasteiger partial charge in [-0.25, -0.2) is 0 Å². The summed E-state index contributed by atoms with van der Waals surface area (Å²) in [4.78, 5) is 0. The van der Waals surface area contributed by atoms with Gasteiger partial charge >= 0.3 is 0 Å². The second-order valence-corrected chi connectivity index (χ2v) is 4.60. The van der Waals surface area contributed by atoms with Crippen molar-refractivity contribution in [2.24, 2.45) is 5.92 Å². The first-order chi connectivity index (χ1) is 7.16. The van der Waals surface area contributed by atoms with Crippen LogP contribution in [0.5, 0.6) is 5.75 Å². The van der Waals surface area contributed by atoms with Gasteiger partial charge in [-0.05, 0) is 37.5 Å². The van der Waals surface area contributed by atoms with Crippen LogP contribution in [0.3, 0.4) is 0 Å². The fraction of sp³-hybridized carbons (Fsp3) is 0.538. The van der Waals surface area contributed by atoms with Crippen LogP contribution in [0, 0.1) is 5.92 Å². The highest BCUT2D eigenvalue weighted by Crippen LogP contribution is 2.29. The summed E-state index contributed by atoms with van der Waals surface area (Å²) >= 11 is 0. The highest BCUT2D eigenvalue weighted by molar-refractivity contribution is 5.30. The van der Waals surface area contributed by atoms with Crippen LogP contribution in [-0.2, 0) is 0 Å². The molecule has 0 bridgehead atoms. The lowest BCUT2D eigenvalue weighted by molar-refractivity contribution is 0.241. The minimum absolute atomic E-state index is 0.247. The van der Waals surface area contributed by atoms with Gasteiger partial charge in [0.25, 0.3) is 0 Å². The van der Waals surface area contributed by atoms with E-state index < -0.39 is 0 Å². The Morgan fingerprint density at radius 1 is 1.27 bits per heavy atom. The van der Waals surface area contributed by atoms with Gasteiger partial charge in [-0.3, -0.25) is 0 Å². The summed E-state index contributed by atoms with van der Waals surface area (Å²) in [5, 5.41) is 3.43. The Hall–Kier alpha value is -1.02. The van der Waals surface area contributed by atoms with Crippen molar-refractivity contribution in [3.8, 4) is 5.75 Å². The molecular weight excluding hydrogens is 186 g/mol. The molecule has 0 spiro atoms. The molecule has 15 heavy (non-hydrogen) atoms. The van der Waals surface area contributed by atoms with E-state index in [0.29, 0.717) is 6.04 Å². The van der Waals surface area contributed by atoms with Crippen molar-refractivity contribution in [2.45, 2.75) is 32.9 Å². The van der Waals surface area contributed by atoms with Crippen molar-refractivity contribution >= 4 is 0 Å². The predicted molar refractivity (Wildman–Crippen MR) is 62.1 cm³/mol. The molecule has 2 atom stereocenters. The number of nitrogens with one attached hydrogen (secondary N) is 1. The molecule has 0 amide bonds. The van der Waals surface area contributed by atoms with E-state index in [2.05, 4.69) is 36.5 Å². The van der Waals surface area contributed by atoms with E-state index in [1.54, 1.807) is 0 Å². The van der Waals surface area contributed by atoms with Crippen molar-refractivity contribution in [3.63, 3.8) is 0 Å². The predicted octanol–water partition coefficient (Wildman–Crippen LogP) is 2.75. The monoisotopic (exact) mass is 205 g/mol. The Bertz CT molecular complexity index is 318. The van der Waals surface area contributed by atoms with Gasteiger partial charge in [-0.2, -0.15) is 0 Å². The highest BCUT2D eigenvalue weighted by Gasteiger charge is 2.27. The van der Waals surface area contributed by atoms with Crippen LogP contribution in [0.1, 0.15) is 32.4 Å². The standard InChI is InChI=1S/C13H19NO/c1-9(2)15-12-6-4-11(5-7-12)13-10(3)8-14-13/h4-7,9-10,13-14H,8H2,1-3H3. The molecule has 2 heteroatoms. The first kappa shape index (κ1) is 10.5. The SMILES string of the molecule is CC(C)Oc1ccc(C2NCC2C)cc1. The normalized spacial score (nSPS) is 25.1. The molecule has 2 nitrogen and oxygen atoms in total. The first-order valence-corrected chi connectivity index (χ1v) is 5.67. The maximum Gasteiger partial charge on any atom is 0.119 e. The molecule has 2 rings (SSSR count). The van der Waals surface area contributed by atoms with E-state index in [9.17, 15) is 0 Å². The fourth-order valence-corrected chi connectivity index (χ4v) is 1.94. The molecule has 2 unspecified atom stereocenters. The number of hydrogen-bond acceptors (Lipinski definition) is 2. The molecule has 1 heterocycles. The molecule has 1 aromatic carbocycles. The van der Waals surface area contributed by atoms with E-state index in [4.69, 9.17) is 4.74 Å². The molecular formula is C13H19NO. The van der Waals surface area contributed by atoms with Gasteiger partial charge in [0.1, 0.15) is 5.75 Å². The quantitative estimate of drug-likeness (QED) is 0.819. The third-order valence-electron chi connectivity index (χ3n) is 2.84. The fourth-order valence-electron chi connectivity index (χ4n) is 1.94. The molecule has 1 N–H and O–H groups in total. The van der Waals surface area contributed by atoms with Crippen molar-refractivity contribution in [2.75, 3.05) is 6.54 Å². The summed E-state index contributed by atoms with van der Waals surface area (Å²) in [5.41, 5.74) is 1.37. The van der Waals surface area contributed by atoms with Gasteiger partial charge in [-0.1, -0.05) is 19.1 Å². The average Bonchev–Trinajstić information content (AvgIpc) is 2.18. The maximum absolute atomic E-state index is 5.61. The van der Waals surface area contributed by atoms with Crippen molar-refractivity contribution < 1.29 is 4.74 Å². The van der Waals surface area contributed by atoms with Crippen LogP contribution < -0.4 is 10.1 Å². The molecule has 1 aliphatic rings. The van der Waals surface area contributed by atoms with E-state index >= 15 is 0 Å². The van der Waals surface area contributed by atoms with E-state index in [-0.39, 0.29) is 6.10 Å². The Kier molecular flexibility index (Phi) is 2.96. The van der Waals surface area contributed by atoms with E-state index in [1.807, 2.05) is 13.8 Å². The molecule has 0 saturated carbocycles. The van der Waals surface area contributed by atoms with Gasteiger partial charge in [0.2, 0.25) is 0 Å². The van der Waals surface area contributed by atoms with Gasteiger partial charge < -0.3 is 10.1 Å². The summed E-state index contributed by atoms with van der Waals surface area (Å²) in [6.45, 7) is 7.50. The third-order valence-corrected chi connectivity index (χ3v) is 2.84. The van der Waals surface area contributed by atoms with Crippen LogP contribution in [0.4, 0.5) is 0 Å². The van der Waals surface area contributed by atoms with Gasteiger partial charge in [-0.15, -0.1) is 0 Å². The second kappa shape index (κ2) is 4.23. The topological polar surface area (TPSA) is 21.3 Å². The van der Waals surface area contributed by atoms with Gasteiger partial charge in [0.05, 0.1) is 6.10 Å². The third kappa shape index (κ3) is 2.32. The van der Waals surface area contributed by atoms with Gasteiger partial charge in [0.15, 0.2) is 0 Å². The Balaban J connectivity index is 2.03. The van der Waals surface area contributed by atoms with Crippen LogP contribution >= 0.6 is 0 Å². The summed E-state index contributed by atoms with van der Waals surface area (Å²) in [5.74, 6) is 1.71. The van der Waals surface area contributed by atoms with Crippen molar-refractivity contribution in [3.05, 3.63) is 29.8 Å². The lowest BCUT2D eigenvalue weighted by atomic mass is 9.88. The van der Waals surface area contributed by atoms with E-state index in [1.165, 1.54) is 5.56 Å². The zero-order chi connectivity index (χ0) is 10.8. The number of hydrogen-bond donors (Lipinski definition) is 1. The molecule has 82 valence electrons. The molecule has 0 radical (unpaired) electrons. The van der Waals surface area contributed by atoms with Crippen molar-refractivity contribution in [1.82, 2.24) is 5.32 Å². The largest absolute Gasteiger partial charge is 0.491 e. The van der Waals surface area contributed by atoms with Crippen molar-refractivity contribution in [1.29, 1.82) is 0 Å². The minimum atomic E-state index is 0.247. The van der Waals surface area contributed by atoms with Crippen LogP contribution in [0.2, 0.25) is 0 Å². The minimum Gasteiger partial charge on any atom is -0.491 e. The summed E-state index contributed by atoms with van der Waals surface area (Å²) in [6, 6.07) is 8.97. The Labute approximate surface area is 91.6 Å². The maximum atomic E-state index is 5.61. The highest BCUT2D eigenvalue weighted by atomic mass is 16.5. The van der Waals surface area contributed by atoms with Crippen LogP contribution in [0.15, 0.2) is 24.3 Å². The molecule has 1 aromatic rings. The second-order valence-electron chi connectivity index (χ2n) is 4.60. The zero-order valence-electron chi connectivity index (χ0n) is 9.66. The number of benzene rings is 1. The molecule has 0 aromatic heterocycles. The summed E-state index contributed by atoms with van der Waals surface area (Å²) in [6.07, 6.45) is 0.247. The summed E-state index contributed by atoms with van der Waals surface area (Å²) < 4.78 is 5.61. The Morgan fingerprint density at radius 3 is 2.33 bits per heavy atom. The van der Waals surface area contributed by atoms with Crippen LogP contribution in [-0.4, -0.2) is 12.6 Å². The zero-order valence-corrected chi connectivity index (χ0v) is 9.66. The van der Waals surface area contributed by atoms with E-state index in [0.717, 1.165) is 18.2 Å². The molecule has 0 aliphatic carbocycles. The van der Waals surface area contributed by atoms with Gasteiger partial charge in [0, 0.05) is 12.6 Å². The number of rotatable bonds is 3. The Morgan fingerprint density at radius 2 is 1.93 bits per heavy atom. The average molecular weight is 205 g/mol. The number of ether oxygens (including phenoxy) is 1.